The molecule has 1 aromatic heterocycles. The van der Waals surface area contributed by atoms with E-state index >= 15 is 0 Å². The fourth-order valence-electron chi connectivity index (χ4n) is 1.71. The highest BCUT2D eigenvalue weighted by atomic mass is 32.1. The average Bonchev–Trinajstić information content (AvgIpc) is 2.70. The summed E-state index contributed by atoms with van der Waals surface area (Å²) in [6.45, 7) is 1.95. The van der Waals surface area contributed by atoms with Crippen LogP contribution < -0.4 is 0 Å². The number of benzene rings is 1. The molecular weight excluding hydrogens is 234 g/mol. The van der Waals surface area contributed by atoms with Crippen molar-refractivity contribution in [3.05, 3.63) is 51.0 Å². The van der Waals surface area contributed by atoms with Crippen molar-refractivity contribution in [2.75, 3.05) is 0 Å². The molecule has 3 nitrogen and oxygen atoms in total. The third kappa shape index (κ3) is 2.71. The summed E-state index contributed by atoms with van der Waals surface area (Å²) in [4.78, 5) is 11.5. The lowest BCUT2D eigenvalue weighted by Crippen LogP contribution is -1.97. The molecule has 0 unspecified atom stereocenters. The summed E-state index contributed by atoms with van der Waals surface area (Å²) in [6.07, 6.45) is 2.99. The molecule has 0 saturated carbocycles. The summed E-state index contributed by atoms with van der Waals surface area (Å²) < 4.78 is 1.16. The number of nitro groups is 1. The maximum atomic E-state index is 10.9. The van der Waals surface area contributed by atoms with Crippen LogP contribution in [0, 0.1) is 10.1 Å². The van der Waals surface area contributed by atoms with E-state index in [1.165, 1.54) is 0 Å². The van der Waals surface area contributed by atoms with Gasteiger partial charge in [-0.05, 0) is 23.9 Å². The van der Waals surface area contributed by atoms with E-state index in [1.807, 2.05) is 37.3 Å². The minimum atomic E-state index is -0.284. The van der Waals surface area contributed by atoms with Crippen LogP contribution in [0.15, 0.2) is 36.0 Å². The third-order valence-electron chi connectivity index (χ3n) is 2.49. The highest BCUT2D eigenvalue weighted by Gasteiger charge is 2.10. The molecular formula is C13H13NO2S. The minimum absolute atomic E-state index is 0.284. The third-order valence-corrected chi connectivity index (χ3v) is 3.56. The molecule has 0 N–H and O–H groups in total. The summed E-state index contributed by atoms with van der Waals surface area (Å²) in [6, 6.07) is 10.0. The molecule has 1 heterocycles. The molecule has 0 bridgehead atoms. The van der Waals surface area contributed by atoms with Crippen LogP contribution in [0.2, 0.25) is 0 Å². The van der Waals surface area contributed by atoms with Gasteiger partial charge in [-0.1, -0.05) is 25.1 Å². The molecule has 4 heteroatoms. The highest BCUT2D eigenvalue weighted by Crippen LogP contribution is 2.27. The minimum Gasteiger partial charge on any atom is -0.259 e. The van der Waals surface area contributed by atoms with Gasteiger partial charge in [0.2, 0.25) is 5.70 Å². The Morgan fingerprint density at radius 3 is 2.88 bits per heavy atom. The van der Waals surface area contributed by atoms with E-state index in [4.69, 9.17) is 0 Å². The summed E-state index contributed by atoms with van der Waals surface area (Å²) in [5.74, 6) is 0. The summed E-state index contributed by atoms with van der Waals surface area (Å²) in [5.41, 5.74) is 0.291. The monoisotopic (exact) mass is 247 g/mol. The SMILES string of the molecule is CCCC(=Cc1cc2ccccc2s1)[N+](=O)[O-]. The molecule has 0 atom stereocenters. The molecule has 0 amide bonds. The number of rotatable bonds is 4. The Hall–Kier alpha value is -1.68. The van der Waals surface area contributed by atoms with Crippen molar-refractivity contribution in [1.29, 1.82) is 0 Å². The first-order valence-corrected chi connectivity index (χ1v) is 6.36. The van der Waals surface area contributed by atoms with Crippen molar-refractivity contribution in [1.82, 2.24) is 0 Å². The summed E-state index contributed by atoms with van der Waals surface area (Å²) in [5, 5.41) is 12.0. The summed E-state index contributed by atoms with van der Waals surface area (Å²) in [7, 11) is 0. The highest BCUT2D eigenvalue weighted by molar-refractivity contribution is 7.19. The maximum Gasteiger partial charge on any atom is 0.247 e. The van der Waals surface area contributed by atoms with Crippen molar-refractivity contribution >= 4 is 27.5 Å². The zero-order valence-electron chi connectivity index (χ0n) is 9.55. The van der Waals surface area contributed by atoms with Gasteiger partial charge in [-0.2, -0.15) is 0 Å². The van der Waals surface area contributed by atoms with E-state index in [-0.39, 0.29) is 4.92 Å². The second kappa shape index (κ2) is 5.10. The van der Waals surface area contributed by atoms with Gasteiger partial charge in [-0.15, -0.1) is 11.3 Å². The van der Waals surface area contributed by atoms with Crippen molar-refractivity contribution in [3.8, 4) is 0 Å². The van der Waals surface area contributed by atoms with Gasteiger partial charge in [-0.3, -0.25) is 10.1 Å². The molecule has 0 aliphatic carbocycles. The second-order valence-corrected chi connectivity index (χ2v) is 4.94. The Labute approximate surface area is 104 Å². The summed E-state index contributed by atoms with van der Waals surface area (Å²) >= 11 is 1.59. The van der Waals surface area contributed by atoms with Gasteiger partial charge in [0, 0.05) is 22.1 Å². The first kappa shape index (κ1) is 11.8. The van der Waals surface area contributed by atoms with Crippen LogP contribution >= 0.6 is 11.3 Å². The lowest BCUT2D eigenvalue weighted by atomic mass is 10.2. The lowest BCUT2D eigenvalue weighted by Gasteiger charge is -1.94. The number of fused-ring (bicyclic) bond motifs is 1. The molecule has 2 aromatic rings. The van der Waals surface area contributed by atoms with E-state index in [9.17, 15) is 10.1 Å². The van der Waals surface area contributed by atoms with Crippen molar-refractivity contribution in [2.45, 2.75) is 19.8 Å². The molecule has 0 aliphatic rings. The van der Waals surface area contributed by atoms with Crippen LogP contribution in [0.25, 0.3) is 16.2 Å². The number of hydrogen-bond donors (Lipinski definition) is 0. The van der Waals surface area contributed by atoms with Crippen LogP contribution in [-0.2, 0) is 0 Å². The molecule has 0 spiro atoms. The van der Waals surface area contributed by atoms with Crippen molar-refractivity contribution in [3.63, 3.8) is 0 Å². The number of hydrogen-bond acceptors (Lipinski definition) is 3. The largest absolute Gasteiger partial charge is 0.259 e. The fraction of sp³-hybridized carbons (Fsp3) is 0.231. The molecule has 88 valence electrons. The van der Waals surface area contributed by atoms with E-state index in [0.29, 0.717) is 12.1 Å². The predicted molar refractivity (Wildman–Crippen MR) is 71.7 cm³/mol. The normalized spacial score (nSPS) is 11.9. The molecule has 1 aromatic carbocycles. The predicted octanol–water partition coefficient (Wildman–Crippen LogP) is 4.32. The number of allylic oxidation sites excluding steroid dienone is 1. The number of thiophene rings is 1. The molecule has 2 rings (SSSR count). The van der Waals surface area contributed by atoms with Gasteiger partial charge in [0.1, 0.15) is 0 Å². The Balaban J connectivity index is 2.38. The fourth-order valence-corrected chi connectivity index (χ4v) is 2.74. The molecule has 17 heavy (non-hydrogen) atoms. The smallest absolute Gasteiger partial charge is 0.247 e. The van der Waals surface area contributed by atoms with Gasteiger partial charge in [-0.25, -0.2) is 0 Å². The van der Waals surface area contributed by atoms with E-state index in [1.54, 1.807) is 17.4 Å². The standard InChI is InChI=1S/C13H13NO2S/c1-2-5-11(14(15)16)9-12-8-10-6-3-4-7-13(10)17-12/h3-4,6-9H,2,5H2,1H3. The van der Waals surface area contributed by atoms with Crippen LogP contribution in [0.3, 0.4) is 0 Å². The van der Waals surface area contributed by atoms with E-state index < -0.39 is 0 Å². The Kier molecular flexibility index (Phi) is 3.54. The first-order valence-electron chi connectivity index (χ1n) is 5.54. The molecule has 0 saturated heterocycles. The Morgan fingerprint density at radius 2 is 2.24 bits per heavy atom. The van der Waals surface area contributed by atoms with Gasteiger partial charge in [0.25, 0.3) is 0 Å². The Bertz CT molecular complexity index is 539. The second-order valence-electron chi connectivity index (χ2n) is 3.83. The van der Waals surface area contributed by atoms with Gasteiger partial charge in [0.15, 0.2) is 0 Å². The average molecular weight is 247 g/mol. The quantitative estimate of drug-likeness (QED) is 0.596. The van der Waals surface area contributed by atoms with Gasteiger partial charge in [0.05, 0.1) is 4.92 Å². The first-order chi connectivity index (χ1) is 8.20. The lowest BCUT2D eigenvalue weighted by molar-refractivity contribution is -0.426. The van der Waals surface area contributed by atoms with Crippen LogP contribution in [0.4, 0.5) is 0 Å². The van der Waals surface area contributed by atoms with E-state index in [2.05, 4.69) is 0 Å². The zero-order chi connectivity index (χ0) is 12.3. The van der Waals surface area contributed by atoms with Crippen molar-refractivity contribution in [2.24, 2.45) is 0 Å². The van der Waals surface area contributed by atoms with Crippen LogP contribution in [-0.4, -0.2) is 4.92 Å². The molecule has 0 aliphatic heterocycles. The van der Waals surface area contributed by atoms with E-state index in [0.717, 1.165) is 21.4 Å². The Morgan fingerprint density at radius 1 is 1.47 bits per heavy atom. The molecule has 0 fully saturated rings. The maximum absolute atomic E-state index is 10.9. The number of nitrogens with zero attached hydrogens (tertiary/aromatic N) is 1. The van der Waals surface area contributed by atoms with Crippen LogP contribution in [0.5, 0.6) is 0 Å². The van der Waals surface area contributed by atoms with Crippen molar-refractivity contribution < 1.29 is 4.92 Å². The van der Waals surface area contributed by atoms with Gasteiger partial charge < -0.3 is 0 Å². The van der Waals surface area contributed by atoms with Gasteiger partial charge >= 0.3 is 0 Å². The topological polar surface area (TPSA) is 43.1 Å². The van der Waals surface area contributed by atoms with Crippen LogP contribution in [0.1, 0.15) is 24.6 Å². The zero-order valence-corrected chi connectivity index (χ0v) is 10.4. The molecule has 0 radical (unpaired) electrons.